The van der Waals surface area contributed by atoms with Crippen LogP contribution in [-0.4, -0.2) is 36.9 Å². The van der Waals surface area contributed by atoms with E-state index in [1.165, 1.54) is 6.42 Å². The first kappa shape index (κ1) is 19.0. The van der Waals surface area contributed by atoms with Crippen molar-refractivity contribution >= 4 is 17.5 Å². The summed E-state index contributed by atoms with van der Waals surface area (Å²) < 4.78 is 5.17. The number of nitrogens with one attached hydrogen (secondary N) is 1. The highest BCUT2D eigenvalue weighted by molar-refractivity contribution is 6.04. The Labute approximate surface area is 160 Å². The summed E-state index contributed by atoms with van der Waals surface area (Å²) in [7, 11) is 1.59. The Morgan fingerprint density at radius 2 is 1.78 bits per heavy atom. The average molecular weight is 366 g/mol. The molecule has 2 amide bonds. The first-order valence-electron chi connectivity index (χ1n) is 9.48. The zero-order valence-corrected chi connectivity index (χ0v) is 15.7. The van der Waals surface area contributed by atoms with Crippen molar-refractivity contribution in [3.8, 4) is 5.75 Å². The number of aryl methyl sites for hydroxylation is 1. The van der Waals surface area contributed by atoms with E-state index in [-0.39, 0.29) is 11.8 Å². The Morgan fingerprint density at radius 1 is 1.04 bits per heavy atom. The van der Waals surface area contributed by atoms with E-state index in [2.05, 4.69) is 5.32 Å². The van der Waals surface area contributed by atoms with Gasteiger partial charge in [-0.1, -0.05) is 18.2 Å². The molecule has 27 heavy (non-hydrogen) atoms. The Hall–Kier alpha value is -2.82. The van der Waals surface area contributed by atoms with Crippen LogP contribution in [0.5, 0.6) is 5.75 Å². The minimum atomic E-state index is -0.167. The van der Waals surface area contributed by atoms with Crippen LogP contribution < -0.4 is 10.1 Å². The zero-order valence-electron chi connectivity index (χ0n) is 15.7. The fourth-order valence-electron chi connectivity index (χ4n) is 3.28. The lowest BCUT2D eigenvalue weighted by Crippen LogP contribution is -2.35. The maximum atomic E-state index is 12.4. The van der Waals surface area contributed by atoms with Gasteiger partial charge in [-0.2, -0.15) is 0 Å². The van der Waals surface area contributed by atoms with Crippen molar-refractivity contribution in [1.29, 1.82) is 0 Å². The normalized spacial score (nSPS) is 13.9. The number of benzene rings is 2. The quantitative estimate of drug-likeness (QED) is 0.844. The number of carbonyl (C=O) groups is 2. The van der Waals surface area contributed by atoms with E-state index in [1.54, 1.807) is 25.3 Å². The number of anilines is 1. The molecule has 0 aromatic heterocycles. The van der Waals surface area contributed by atoms with Gasteiger partial charge in [0, 0.05) is 36.8 Å². The van der Waals surface area contributed by atoms with E-state index in [0.717, 1.165) is 31.5 Å². The summed E-state index contributed by atoms with van der Waals surface area (Å²) in [5, 5.41) is 2.87. The Bertz CT molecular complexity index is 780. The van der Waals surface area contributed by atoms with Crippen molar-refractivity contribution in [1.82, 2.24) is 4.90 Å². The van der Waals surface area contributed by atoms with Gasteiger partial charge in [0.2, 0.25) is 5.91 Å². The number of hydrogen-bond donors (Lipinski definition) is 1. The third-order valence-electron chi connectivity index (χ3n) is 4.88. The molecule has 3 rings (SSSR count). The second kappa shape index (κ2) is 9.21. The molecule has 1 N–H and O–H groups in total. The standard InChI is InChI=1S/C22H26N2O3/c1-27-20-7-5-6-19(16-20)23-22(26)18-11-8-17(9-12-18)10-13-21(25)24-14-3-2-4-15-24/h5-9,11-12,16H,2-4,10,13-15H2,1H3,(H,23,26). The summed E-state index contributed by atoms with van der Waals surface area (Å²) in [5.41, 5.74) is 2.35. The lowest BCUT2D eigenvalue weighted by Gasteiger charge is -2.26. The molecule has 0 atom stereocenters. The summed E-state index contributed by atoms with van der Waals surface area (Å²) in [4.78, 5) is 26.6. The van der Waals surface area contributed by atoms with Gasteiger partial charge in [-0.05, 0) is 55.5 Å². The molecule has 1 aliphatic rings. The van der Waals surface area contributed by atoms with E-state index >= 15 is 0 Å². The van der Waals surface area contributed by atoms with Crippen LogP contribution in [0.15, 0.2) is 48.5 Å². The number of carbonyl (C=O) groups excluding carboxylic acids is 2. The van der Waals surface area contributed by atoms with Crippen molar-refractivity contribution in [2.45, 2.75) is 32.1 Å². The largest absolute Gasteiger partial charge is 0.497 e. The van der Waals surface area contributed by atoms with E-state index < -0.39 is 0 Å². The van der Waals surface area contributed by atoms with Crippen molar-refractivity contribution in [2.75, 3.05) is 25.5 Å². The van der Waals surface area contributed by atoms with Gasteiger partial charge in [0.05, 0.1) is 7.11 Å². The molecule has 0 saturated carbocycles. The molecule has 0 spiro atoms. The summed E-state index contributed by atoms with van der Waals surface area (Å²) in [6, 6.07) is 14.7. The van der Waals surface area contributed by atoms with Gasteiger partial charge in [0.25, 0.3) is 5.91 Å². The number of methoxy groups -OCH3 is 1. The van der Waals surface area contributed by atoms with Crippen molar-refractivity contribution in [3.63, 3.8) is 0 Å². The number of nitrogens with zero attached hydrogens (tertiary/aromatic N) is 1. The first-order chi connectivity index (χ1) is 13.2. The molecule has 5 heteroatoms. The molecule has 1 aliphatic heterocycles. The molecular weight excluding hydrogens is 340 g/mol. The summed E-state index contributed by atoms with van der Waals surface area (Å²) in [6.07, 6.45) is 4.68. The van der Waals surface area contributed by atoms with Gasteiger partial charge in [0.15, 0.2) is 0 Å². The van der Waals surface area contributed by atoms with Crippen molar-refractivity contribution < 1.29 is 14.3 Å². The van der Waals surface area contributed by atoms with Crippen LogP contribution in [-0.2, 0) is 11.2 Å². The van der Waals surface area contributed by atoms with Gasteiger partial charge in [-0.25, -0.2) is 0 Å². The maximum absolute atomic E-state index is 12.4. The van der Waals surface area contributed by atoms with Crippen molar-refractivity contribution in [2.24, 2.45) is 0 Å². The van der Waals surface area contributed by atoms with Gasteiger partial charge < -0.3 is 15.0 Å². The summed E-state index contributed by atoms with van der Waals surface area (Å²) in [6.45, 7) is 1.78. The topological polar surface area (TPSA) is 58.6 Å². The monoisotopic (exact) mass is 366 g/mol. The van der Waals surface area contributed by atoms with Crippen LogP contribution in [0.2, 0.25) is 0 Å². The second-order valence-electron chi connectivity index (χ2n) is 6.82. The van der Waals surface area contributed by atoms with Gasteiger partial charge in [-0.3, -0.25) is 9.59 Å². The fourth-order valence-corrected chi connectivity index (χ4v) is 3.28. The Morgan fingerprint density at radius 3 is 2.48 bits per heavy atom. The average Bonchev–Trinajstić information content (AvgIpc) is 2.73. The molecule has 2 aromatic carbocycles. The first-order valence-corrected chi connectivity index (χ1v) is 9.48. The predicted molar refractivity (Wildman–Crippen MR) is 106 cm³/mol. The minimum absolute atomic E-state index is 0.167. The smallest absolute Gasteiger partial charge is 0.255 e. The van der Waals surface area contributed by atoms with Crippen LogP contribution >= 0.6 is 0 Å². The number of piperidine rings is 1. The van der Waals surface area contributed by atoms with Crippen LogP contribution in [0, 0.1) is 0 Å². The highest BCUT2D eigenvalue weighted by atomic mass is 16.5. The minimum Gasteiger partial charge on any atom is -0.497 e. The highest BCUT2D eigenvalue weighted by Gasteiger charge is 2.16. The number of ether oxygens (including phenoxy) is 1. The summed E-state index contributed by atoms with van der Waals surface area (Å²) >= 11 is 0. The van der Waals surface area contributed by atoms with Crippen LogP contribution in [0.1, 0.15) is 41.6 Å². The van der Waals surface area contributed by atoms with Crippen molar-refractivity contribution in [3.05, 3.63) is 59.7 Å². The van der Waals surface area contributed by atoms with E-state index in [9.17, 15) is 9.59 Å². The van der Waals surface area contributed by atoms with Gasteiger partial charge >= 0.3 is 0 Å². The molecule has 1 heterocycles. The summed E-state index contributed by atoms with van der Waals surface area (Å²) in [5.74, 6) is 0.760. The number of hydrogen-bond acceptors (Lipinski definition) is 3. The third-order valence-corrected chi connectivity index (χ3v) is 4.88. The molecule has 1 saturated heterocycles. The molecule has 0 unspecified atom stereocenters. The van der Waals surface area contributed by atoms with Gasteiger partial charge in [-0.15, -0.1) is 0 Å². The Balaban J connectivity index is 1.53. The highest BCUT2D eigenvalue weighted by Crippen LogP contribution is 2.18. The third kappa shape index (κ3) is 5.33. The molecule has 0 bridgehead atoms. The number of likely N-dealkylation sites (tertiary alicyclic amines) is 1. The SMILES string of the molecule is COc1cccc(NC(=O)c2ccc(CCC(=O)N3CCCCC3)cc2)c1. The maximum Gasteiger partial charge on any atom is 0.255 e. The van der Waals surface area contributed by atoms with Crippen LogP contribution in [0.4, 0.5) is 5.69 Å². The van der Waals surface area contributed by atoms with Crippen LogP contribution in [0.3, 0.4) is 0 Å². The molecule has 142 valence electrons. The molecule has 0 aliphatic carbocycles. The number of rotatable bonds is 6. The van der Waals surface area contributed by atoms with Gasteiger partial charge in [0.1, 0.15) is 5.75 Å². The lowest BCUT2D eigenvalue weighted by atomic mass is 10.1. The predicted octanol–water partition coefficient (Wildman–Crippen LogP) is 3.89. The van der Waals surface area contributed by atoms with E-state index in [4.69, 9.17) is 4.74 Å². The zero-order chi connectivity index (χ0) is 19.1. The molecule has 5 nitrogen and oxygen atoms in total. The van der Waals surface area contributed by atoms with E-state index in [0.29, 0.717) is 29.8 Å². The fraction of sp³-hybridized carbons (Fsp3) is 0.364. The number of amides is 2. The molecule has 0 radical (unpaired) electrons. The molecule has 1 fully saturated rings. The molecular formula is C22H26N2O3. The molecule has 2 aromatic rings. The lowest BCUT2D eigenvalue weighted by molar-refractivity contribution is -0.132. The Kier molecular flexibility index (Phi) is 6.47. The second-order valence-corrected chi connectivity index (χ2v) is 6.82. The van der Waals surface area contributed by atoms with E-state index in [1.807, 2.05) is 35.2 Å². The van der Waals surface area contributed by atoms with Crippen LogP contribution in [0.25, 0.3) is 0 Å².